The molecule has 0 atom stereocenters. The fraction of sp³-hybridized carbons (Fsp3) is 0.611. The van der Waals surface area contributed by atoms with E-state index in [2.05, 4.69) is 72.7 Å². The summed E-state index contributed by atoms with van der Waals surface area (Å²) in [4.78, 5) is 6.83. The van der Waals surface area contributed by atoms with Crippen LogP contribution < -0.4 is 10.6 Å². The van der Waals surface area contributed by atoms with E-state index in [1.807, 2.05) is 0 Å². The van der Waals surface area contributed by atoms with Crippen LogP contribution in [0.5, 0.6) is 0 Å². The second kappa shape index (κ2) is 11.1. The van der Waals surface area contributed by atoms with Crippen molar-refractivity contribution in [1.29, 1.82) is 0 Å². The van der Waals surface area contributed by atoms with E-state index < -0.39 is 0 Å². The topological polar surface area (TPSA) is 39.7 Å². The highest BCUT2D eigenvalue weighted by Gasteiger charge is 1.99. The Morgan fingerprint density at radius 2 is 1.68 bits per heavy atom. The van der Waals surface area contributed by atoms with Gasteiger partial charge in [-0.05, 0) is 38.6 Å². The average molecular weight is 304 g/mol. The molecule has 1 rings (SSSR count). The number of hydrogen-bond acceptors (Lipinski definition) is 2. The Balaban J connectivity index is 2.50. The second-order valence-corrected chi connectivity index (χ2v) is 5.88. The van der Waals surface area contributed by atoms with E-state index in [0.29, 0.717) is 6.54 Å². The van der Waals surface area contributed by atoms with Crippen molar-refractivity contribution in [3.05, 3.63) is 35.4 Å². The predicted octanol–water partition coefficient (Wildman–Crippen LogP) is 2.99. The number of aliphatic imine (C=N–C) groups is 1. The first kappa shape index (κ1) is 18.5. The molecule has 4 nitrogen and oxygen atoms in total. The van der Waals surface area contributed by atoms with Crippen LogP contribution in [0, 0.1) is 0 Å². The Kier molecular flexibility index (Phi) is 9.31. The van der Waals surface area contributed by atoms with E-state index in [9.17, 15) is 0 Å². The molecule has 0 aliphatic rings. The van der Waals surface area contributed by atoms with Crippen LogP contribution in [0.3, 0.4) is 0 Å². The third-order valence-corrected chi connectivity index (χ3v) is 3.36. The number of guanidine groups is 1. The fourth-order valence-electron chi connectivity index (χ4n) is 2.21. The summed E-state index contributed by atoms with van der Waals surface area (Å²) in [5.74, 6) is 0.913. The smallest absolute Gasteiger partial charge is 0.191 e. The Labute approximate surface area is 136 Å². The maximum Gasteiger partial charge on any atom is 0.191 e. The lowest BCUT2D eigenvalue weighted by Crippen LogP contribution is -2.37. The highest BCUT2D eigenvalue weighted by Crippen LogP contribution is 2.07. The van der Waals surface area contributed by atoms with Crippen molar-refractivity contribution in [3.63, 3.8) is 0 Å². The molecule has 0 amide bonds. The molecular weight excluding hydrogens is 272 g/mol. The normalized spacial score (nSPS) is 11.8. The van der Waals surface area contributed by atoms with Crippen LogP contribution >= 0.6 is 0 Å². The van der Waals surface area contributed by atoms with Crippen molar-refractivity contribution in [2.45, 2.75) is 46.2 Å². The monoisotopic (exact) mass is 304 g/mol. The summed E-state index contributed by atoms with van der Waals surface area (Å²) in [6.45, 7) is 7.89. The zero-order valence-electron chi connectivity index (χ0n) is 14.7. The molecule has 0 fully saturated rings. The molecule has 0 spiro atoms. The molecule has 1 aromatic rings. The van der Waals surface area contributed by atoms with Gasteiger partial charge in [0.25, 0.3) is 0 Å². The zero-order valence-corrected chi connectivity index (χ0v) is 14.7. The molecule has 4 heteroatoms. The maximum atomic E-state index is 4.66. The maximum absolute atomic E-state index is 4.66. The molecule has 0 radical (unpaired) electrons. The summed E-state index contributed by atoms with van der Waals surface area (Å²) in [5, 5.41) is 6.69. The van der Waals surface area contributed by atoms with Crippen LogP contribution in [0.1, 0.15) is 44.2 Å². The number of unbranched alkanes of at least 4 members (excludes halogenated alkanes) is 2. The van der Waals surface area contributed by atoms with Gasteiger partial charge in [0.05, 0.1) is 6.54 Å². The van der Waals surface area contributed by atoms with Crippen molar-refractivity contribution in [3.8, 4) is 0 Å². The summed E-state index contributed by atoms with van der Waals surface area (Å²) >= 11 is 0. The van der Waals surface area contributed by atoms with Crippen molar-refractivity contribution < 1.29 is 0 Å². The van der Waals surface area contributed by atoms with Gasteiger partial charge >= 0.3 is 0 Å². The van der Waals surface area contributed by atoms with E-state index in [1.165, 1.54) is 30.4 Å². The SMILES string of the molecule is CCCCCNC(=NCc1ccc(CN(C)C)cc1)NCC. The first-order valence-corrected chi connectivity index (χ1v) is 8.40. The Morgan fingerprint density at radius 1 is 1.00 bits per heavy atom. The summed E-state index contributed by atoms with van der Waals surface area (Å²) in [5.41, 5.74) is 2.58. The molecule has 0 saturated carbocycles. The minimum atomic E-state index is 0.714. The Hall–Kier alpha value is -1.55. The van der Waals surface area contributed by atoms with Crippen LogP contribution in [-0.4, -0.2) is 38.0 Å². The predicted molar refractivity (Wildman–Crippen MR) is 96.2 cm³/mol. The van der Waals surface area contributed by atoms with Gasteiger partial charge in [0.15, 0.2) is 5.96 Å². The molecule has 0 aromatic heterocycles. The van der Waals surface area contributed by atoms with Crippen LogP contribution in [0.25, 0.3) is 0 Å². The Bertz CT molecular complexity index is 423. The highest BCUT2D eigenvalue weighted by molar-refractivity contribution is 5.79. The first-order chi connectivity index (χ1) is 10.7. The van der Waals surface area contributed by atoms with Gasteiger partial charge in [0.2, 0.25) is 0 Å². The van der Waals surface area contributed by atoms with Crippen molar-refractivity contribution >= 4 is 5.96 Å². The van der Waals surface area contributed by atoms with E-state index in [4.69, 9.17) is 0 Å². The molecule has 22 heavy (non-hydrogen) atoms. The number of rotatable bonds is 9. The molecule has 0 aliphatic carbocycles. The van der Waals surface area contributed by atoms with Crippen LogP contribution in [0.4, 0.5) is 0 Å². The third-order valence-electron chi connectivity index (χ3n) is 3.36. The molecule has 2 N–H and O–H groups in total. The van der Waals surface area contributed by atoms with E-state index in [1.54, 1.807) is 0 Å². The molecule has 0 saturated heterocycles. The molecule has 0 aliphatic heterocycles. The summed E-state index contributed by atoms with van der Waals surface area (Å²) in [7, 11) is 4.18. The lowest BCUT2D eigenvalue weighted by molar-refractivity contribution is 0.402. The summed E-state index contributed by atoms with van der Waals surface area (Å²) in [6, 6.07) is 8.71. The number of benzene rings is 1. The standard InChI is InChI=1S/C18H32N4/c1-5-7-8-13-20-18(19-6-2)21-14-16-9-11-17(12-10-16)15-22(3)4/h9-12H,5-8,13-15H2,1-4H3,(H2,19,20,21). The fourth-order valence-corrected chi connectivity index (χ4v) is 2.21. The van der Waals surface area contributed by atoms with Gasteiger partial charge in [-0.15, -0.1) is 0 Å². The molecule has 0 heterocycles. The van der Waals surface area contributed by atoms with E-state index >= 15 is 0 Å². The lowest BCUT2D eigenvalue weighted by atomic mass is 10.1. The van der Waals surface area contributed by atoms with Gasteiger partial charge in [0.1, 0.15) is 0 Å². The molecule has 0 bridgehead atoms. The lowest BCUT2D eigenvalue weighted by Gasteiger charge is -2.12. The number of nitrogens with one attached hydrogen (secondary N) is 2. The van der Waals surface area contributed by atoms with Gasteiger partial charge in [-0.1, -0.05) is 44.0 Å². The van der Waals surface area contributed by atoms with Crippen molar-refractivity contribution in [2.75, 3.05) is 27.2 Å². The summed E-state index contributed by atoms with van der Waals surface area (Å²) in [6.07, 6.45) is 3.70. The largest absolute Gasteiger partial charge is 0.357 e. The van der Waals surface area contributed by atoms with Gasteiger partial charge in [-0.25, -0.2) is 4.99 Å². The molecular formula is C18H32N4. The second-order valence-electron chi connectivity index (χ2n) is 5.88. The molecule has 0 unspecified atom stereocenters. The van der Waals surface area contributed by atoms with Gasteiger partial charge in [0, 0.05) is 19.6 Å². The zero-order chi connectivity index (χ0) is 16.2. The summed E-state index contributed by atoms with van der Waals surface area (Å²) < 4.78 is 0. The van der Waals surface area contributed by atoms with Crippen molar-refractivity contribution in [2.24, 2.45) is 4.99 Å². The van der Waals surface area contributed by atoms with Crippen molar-refractivity contribution in [1.82, 2.24) is 15.5 Å². The number of hydrogen-bond donors (Lipinski definition) is 2. The minimum Gasteiger partial charge on any atom is -0.357 e. The first-order valence-electron chi connectivity index (χ1n) is 8.40. The van der Waals surface area contributed by atoms with E-state index in [-0.39, 0.29) is 0 Å². The average Bonchev–Trinajstić information content (AvgIpc) is 2.50. The number of nitrogens with zero attached hydrogens (tertiary/aromatic N) is 2. The molecule has 124 valence electrons. The van der Waals surface area contributed by atoms with Crippen LogP contribution in [-0.2, 0) is 13.1 Å². The Morgan fingerprint density at radius 3 is 2.27 bits per heavy atom. The molecule has 1 aromatic carbocycles. The highest BCUT2D eigenvalue weighted by atomic mass is 15.2. The van der Waals surface area contributed by atoms with Gasteiger partial charge in [-0.3, -0.25) is 0 Å². The van der Waals surface area contributed by atoms with Crippen LogP contribution in [0.2, 0.25) is 0 Å². The van der Waals surface area contributed by atoms with E-state index in [0.717, 1.165) is 25.6 Å². The van der Waals surface area contributed by atoms with Crippen LogP contribution in [0.15, 0.2) is 29.3 Å². The third kappa shape index (κ3) is 8.03. The quantitative estimate of drug-likeness (QED) is 0.418. The van der Waals surface area contributed by atoms with Gasteiger partial charge in [-0.2, -0.15) is 0 Å². The van der Waals surface area contributed by atoms with Gasteiger partial charge < -0.3 is 15.5 Å². The minimum absolute atomic E-state index is 0.714.